The summed E-state index contributed by atoms with van der Waals surface area (Å²) in [5.74, 6) is -0.309. The topological polar surface area (TPSA) is 45.2 Å². The van der Waals surface area contributed by atoms with Gasteiger partial charge in [0.2, 0.25) is 0 Å². The van der Waals surface area contributed by atoms with E-state index < -0.39 is 0 Å². The SMILES string of the molecule is OC[C@@H]1CC[C@H](c2cncc(F)c2)N1. The highest BCUT2D eigenvalue weighted by Crippen LogP contribution is 2.25. The maximum Gasteiger partial charge on any atom is 0.141 e. The average molecular weight is 196 g/mol. The molecular formula is C10H13FN2O. The van der Waals surface area contributed by atoms with E-state index in [9.17, 15) is 4.39 Å². The van der Waals surface area contributed by atoms with E-state index in [1.54, 1.807) is 6.20 Å². The maximum absolute atomic E-state index is 12.9. The molecule has 76 valence electrons. The normalized spacial score (nSPS) is 26.7. The first kappa shape index (κ1) is 9.55. The molecule has 0 amide bonds. The minimum atomic E-state index is -0.309. The van der Waals surface area contributed by atoms with Gasteiger partial charge in [-0.2, -0.15) is 0 Å². The molecular weight excluding hydrogens is 183 g/mol. The van der Waals surface area contributed by atoms with Gasteiger partial charge in [0.05, 0.1) is 12.8 Å². The van der Waals surface area contributed by atoms with Crippen LogP contribution in [0.3, 0.4) is 0 Å². The lowest BCUT2D eigenvalue weighted by molar-refractivity contribution is 0.251. The first-order valence-electron chi connectivity index (χ1n) is 4.77. The zero-order valence-corrected chi connectivity index (χ0v) is 7.78. The number of rotatable bonds is 2. The van der Waals surface area contributed by atoms with E-state index in [2.05, 4.69) is 10.3 Å². The van der Waals surface area contributed by atoms with Crippen molar-refractivity contribution >= 4 is 0 Å². The van der Waals surface area contributed by atoms with Crippen molar-refractivity contribution in [2.45, 2.75) is 24.9 Å². The first-order valence-corrected chi connectivity index (χ1v) is 4.77. The molecule has 4 heteroatoms. The molecule has 0 spiro atoms. The zero-order chi connectivity index (χ0) is 9.97. The quantitative estimate of drug-likeness (QED) is 0.742. The Morgan fingerprint density at radius 3 is 3.00 bits per heavy atom. The Bertz CT molecular complexity index is 319. The fourth-order valence-corrected chi connectivity index (χ4v) is 1.84. The molecule has 0 unspecified atom stereocenters. The Labute approximate surface area is 82.0 Å². The fourth-order valence-electron chi connectivity index (χ4n) is 1.84. The van der Waals surface area contributed by atoms with E-state index in [0.29, 0.717) is 0 Å². The second-order valence-electron chi connectivity index (χ2n) is 3.61. The van der Waals surface area contributed by atoms with Crippen LogP contribution in [-0.2, 0) is 0 Å². The summed E-state index contributed by atoms with van der Waals surface area (Å²) in [4.78, 5) is 3.80. The Hall–Kier alpha value is -1.00. The third kappa shape index (κ3) is 1.91. The lowest BCUT2D eigenvalue weighted by atomic mass is 10.1. The van der Waals surface area contributed by atoms with E-state index >= 15 is 0 Å². The van der Waals surface area contributed by atoms with Crippen LogP contribution >= 0.6 is 0 Å². The number of aliphatic hydroxyl groups excluding tert-OH is 1. The molecule has 1 fully saturated rings. The molecule has 0 radical (unpaired) electrons. The second kappa shape index (κ2) is 4.02. The summed E-state index contributed by atoms with van der Waals surface area (Å²) in [5, 5.41) is 12.2. The van der Waals surface area contributed by atoms with Crippen molar-refractivity contribution in [2.75, 3.05) is 6.61 Å². The van der Waals surface area contributed by atoms with Crippen molar-refractivity contribution < 1.29 is 9.50 Å². The van der Waals surface area contributed by atoms with Gasteiger partial charge < -0.3 is 10.4 Å². The summed E-state index contributed by atoms with van der Waals surface area (Å²) in [5.41, 5.74) is 0.862. The monoisotopic (exact) mass is 196 g/mol. The summed E-state index contributed by atoms with van der Waals surface area (Å²) in [7, 11) is 0. The number of pyridine rings is 1. The minimum Gasteiger partial charge on any atom is -0.395 e. The van der Waals surface area contributed by atoms with Crippen molar-refractivity contribution in [3.8, 4) is 0 Å². The highest BCUT2D eigenvalue weighted by atomic mass is 19.1. The number of nitrogens with one attached hydrogen (secondary N) is 1. The third-order valence-electron chi connectivity index (χ3n) is 2.59. The van der Waals surface area contributed by atoms with Gasteiger partial charge in [0.25, 0.3) is 0 Å². The smallest absolute Gasteiger partial charge is 0.141 e. The third-order valence-corrected chi connectivity index (χ3v) is 2.59. The molecule has 2 atom stereocenters. The molecule has 1 aromatic heterocycles. The number of nitrogens with zero attached hydrogens (tertiary/aromatic N) is 1. The van der Waals surface area contributed by atoms with Crippen LogP contribution in [0.25, 0.3) is 0 Å². The van der Waals surface area contributed by atoms with Crippen LogP contribution in [0.15, 0.2) is 18.5 Å². The molecule has 1 saturated heterocycles. The van der Waals surface area contributed by atoms with Crippen LogP contribution in [-0.4, -0.2) is 22.7 Å². The molecule has 0 aliphatic carbocycles. The molecule has 0 saturated carbocycles. The Kier molecular flexibility index (Phi) is 2.74. The number of aliphatic hydroxyl groups is 1. The van der Waals surface area contributed by atoms with Crippen molar-refractivity contribution in [1.29, 1.82) is 0 Å². The Morgan fingerprint density at radius 1 is 1.50 bits per heavy atom. The number of hydrogen-bond acceptors (Lipinski definition) is 3. The van der Waals surface area contributed by atoms with Gasteiger partial charge in [0.1, 0.15) is 5.82 Å². The van der Waals surface area contributed by atoms with E-state index in [4.69, 9.17) is 5.11 Å². The van der Waals surface area contributed by atoms with Crippen molar-refractivity contribution in [3.05, 3.63) is 29.8 Å². The summed E-state index contributed by atoms with van der Waals surface area (Å²) < 4.78 is 12.9. The van der Waals surface area contributed by atoms with Crippen LogP contribution in [0.5, 0.6) is 0 Å². The molecule has 2 heterocycles. The zero-order valence-electron chi connectivity index (χ0n) is 7.78. The van der Waals surface area contributed by atoms with Crippen LogP contribution in [0.4, 0.5) is 4.39 Å². The molecule has 1 aliphatic heterocycles. The van der Waals surface area contributed by atoms with E-state index in [-0.39, 0.29) is 24.5 Å². The molecule has 1 aliphatic rings. The van der Waals surface area contributed by atoms with Crippen molar-refractivity contribution in [1.82, 2.24) is 10.3 Å². The highest BCUT2D eigenvalue weighted by Gasteiger charge is 2.24. The van der Waals surface area contributed by atoms with Crippen LogP contribution in [0, 0.1) is 5.82 Å². The lowest BCUT2D eigenvalue weighted by Crippen LogP contribution is -2.27. The van der Waals surface area contributed by atoms with Gasteiger partial charge in [-0.15, -0.1) is 0 Å². The van der Waals surface area contributed by atoms with Gasteiger partial charge in [0, 0.05) is 18.3 Å². The van der Waals surface area contributed by atoms with Crippen molar-refractivity contribution in [2.24, 2.45) is 0 Å². The second-order valence-corrected chi connectivity index (χ2v) is 3.61. The molecule has 2 N–H and O–H groups in total. The largest absolute Gasteiger partial charge is 0.395 e. The fraction of sp³-hybridized carbons (Fsp3) is 0.500. The van der Waals surface area contributed by atoms with Crippen LogP contribution < -0.4 is 5.32 Å². The summed E-state index contributed by atoms with van der Waals surface area (Å²) in [6.45, 7) is 0.138. The van der Waals surface area contributed by atoms with Crippen molar-refractivity contribution in [3.63, 3.8) is 0 Å². The van der Waals surface area contributed by atoms with E-state index in [1.165, 1.54) is 12.3 Å². The average Bonchev–Trinajstić information content (AvgIpc) is 2.66. The number of aromatic nitrogens is 1. The predicted molar refractivity (Wildman–Crippen MR) is 50.2 cm³/mol. The number of halogens is 1. The summed E-state index contributed by atoms with van der Waals surface area (Å²) >= 11 is 0. The van der Waals surface area contributed by atoms with E-state index in [1.807, 2.05) is 0 Å². The maximum atomic E-state index is 12.9. The Morgan fingerprint density at radius 2 is 2.36 bits per heavy atom. The molecule has 0 bridgehead atoms. The molecule has 1 aromatic rings. The highest BCUT2D eigenvalue weighted by molar-refractivity contribution is 5.16. The van der Waals surface area contributed by atoms with Gasteiger partial charge in [-0.25, -0.2) is 4.39 Å². The summed E-state index contributed by atoms with van der Waals surface area (Å²) in [6, 6.07) is 1.77. The van der Waals surface area contributed by atoms with E-state index in [0.717, 1.165) is 18.4 Å². The van der Waals surface area contributed by atoms with Gasteiger partial charge in [0.15, 0.2) is 0 Å². The molecule has 0 aromatic carbocycles. The molecule has 14 heavy (non-hydrogen) atoms. The summed E-state index contributed by atoms with van der Waals surface area (Å²) in [6.07, 6.45) is 4.72. The molecule has 3 nitrogen and oxygen atoms in total. The number of hydrogen-bond donors (Lipinski definition) is 2. The van der Waals surface area contributed by atoms with Gasteiger partial charge in [-0.1, -0.05) is 0 Å². The Balaban J connectivity index is 2.09. The lowest BCUT2D eigenvalue weighted by Gasteiger charge is -2.12. The predicted octanol–water partition coefficient (Wildman–Crippen LogP) is 1.01. The van der Waals surface area contributed by atoms with Gasteiger partial charge in [-0.3, -0.25) is 4.98 Å². The van der Waals surface area contributed by atoms with Crippen LogP contribution in [0.1, 0.15) is 24.4 Å². The van der Waals surface area contributed by atoms with Crippen LogP contribution in [0.2, 0.25) is 0 Å². The first-order chi connectivity index (χ1) is 6.79. The van der Waals surface area contributed by atoms with Gasteiger partial charge in [-0.05, 0) is 24.5 Å². The standard InChI is InChI=1S/C10H13FN2O/c11-8-3-7(4-12-5-8)10-2-1-9(6-14)13-10/h3-5,9-10,13-14H,1-2,6H2/t9-,10+/m0/s1. The van der Waals surface area contributed by atoms with Gasteiger partial charge >= 0.3 is 0 Å². The molecule has 2 rings (SSSR count). The minimum absolute atomic E-state index is 0.135.